The highest BCUT2D eigenvalue weighted by Crippen LogP contribution is 2.49. The van der Waals surface area contributed by atoms with Gasteiger partial charge in [0.1, 0.15) is 11.3 Å². The van der Waals surface area contributed by atoms with Gasteiger partial charge in [-0.3, -0.25) is 9.69 Å². The molecule has 1 aliphatic rings. The zero-order chi connectivity index (χ0) is 15.2. The zero-order valence-electron chi connectivity index (χ0n) is 12.8. The third-order valence-electron chi connectivity index (χ3n) is 4.76. The topological polar surface area (TPSA) is 60.8 Å². The molecule has 4 heteroatoms. The number of nitrogens with zero attached hydrogens (tertiary/aromatic N) is 1. The Morgan fingerprint density at radius 2 is 1.95 bits per heavy atom. The molecule has 4 nitrogen and oxygen atoms in total. The normalized spacial score (nSPS) is 22.1. The van der Waals surface area contributed by atoms with E-state index < -0.39 is 11.5 Å². The third kappa shape index (κ3) is 2.08. The van der Waals surface area contributed by atoms with Crippen LogP contribution >= 0.6 is 0 Å². The van der Waals surface area contributed by atoms with Gasteiger partial charge in [0, 0.05) is 11.6 Å². The average Bonchev–Trinajstić information content (AvgIpc) is 2.71. The largest absolute Gasteiger partial charge is 0.508 e. The highest BCUT2D eigenvalue weighted by Gasteiger charge is 2.42. The molecular weight excluding hydrogens is 254 g/mol. The van der Waals surface area contributed by atoms with Crippen LogP contribution in [0, 0.1) is 6.92 Å². The summed E-state index contributed by atoms with van der Waals surface area (Å²) in [4.78, 5) is 13.3. The second-order valence-corrected chi connectivity index (χ2v) is 6.36. The molecule has 0 bridgehead atoms. The van der Waals surface area contributed by atoms with Crippen LogP contribution in [-0.4, -0.2) is 33.7 Å². The van der Waals surface area contributed by atoms with Gasteiger partial charge in [-0.15, -0.1) is 0 Å². The van der Waals surface area contributed by atoms with Crippen molar-refractivity contribution < 1.29 is 15.0 Å². The highest BCUT2D eigenvalue weighted by molar-refractivity contribution is 5.77. The Bertz CT molecular complexity index is 551. The van der Waals surface area contributed by atoms with Gasteiger partial charge in [0.15, 0.2) is 0 Å². The van der Waals surface area contributed by atoms with Gasteiger partial charge in [-0.25, -0.2) is 0 Å². The van der Waals surface area contributed by atoms with Crippen molar-refractivity contribution in [1.82, 2.24) is 4.90 Å². The molecular formula is C16H23NO3. The summed E-state index contributed by atoms with van der Waals surface area (Å²) in [7, 11) is 1.82. The van der Waals surface area contributed by atoms with Crippen LogP contribution in [0.25, 0.3) is 0 Å². The smallest absolute Gasteiger partial charge is 0.323 e. The van der Waals surface area contributed by atoms with E-state index in [0.29, 0.717) is 5.92 Å². The van der Waals surface area contributed by atoms with Crippen LogP contribution in [0.1, 0.15) is 55.8 Å². The maximum atomic E-state index is 11.5. The maximum Gasteiger partial charge on any atom is 0.323 e. The molecule has 2 atom stereocenters. The number of phenols is 1. The molecule has 0 saturated carbocycles. The summed E-state index contributed by atoms with van der Waals surface area (Å²) >= 11 is 0. The van der Waals surface area contributed by atoms with Gasteiger partial charge < -0.3 is 10.2 Å². The van der Waals surface area contributed by atoms with Gasteiger partial charge in [0.05, 0.1) is 0 Å². The fraction of sp³-hybridized carbons (Fsp3) is 0.562. The summed E-state index contributed by atoms with van der Waals surface area (Å²) in [6.45, 7) is 7.57. The van der Waals surface area contributed by atoms with E-state index in [2.05, 4.69) is 6.92 Å². The van der Waals surface area contributed by atoms with E-state index in [-0.39, 0.29) is 11.8 Å². The quantitative estimate of drug-likeness (QED) is 0.891. The van der Waals surface area contributed by atoms with Crippen LogP contribution in [0.4, 0.5) is 0 Å². The number of hydrogen-bond acceptors (Lipinski definition) is 3. The fourth-order valence-electron chi connectivity index (χ4n) is 3.20. The van der Waals surface area contributed by atoms with Crippen LogP contribution in [0.15, 0.2) is 12.1 Å². The minimum atomic E-state index is -0.970. The van der Waals surface area contributed by atoms with Crippen molar-refractivity contribution in [2.75, 3.05) is 7.05 Å². The van der Waals surface area contributed by atoms with Crippen LogP contribution in [0.2, 0.25) is 0 Å². The molecule has 2 unspecified atom stereocenters. The molecule has 20 heavy (non-hydrogen) atoms. The van der Waals surface area contributed by atoms with Gasteiger partial charge >= 0.3 is 5.97 Å². The summed E-state index contributed by atoms with van der Waals surface area (Å²) in [5.74, 6) is -0.254. The molecule has 2 rings (SSSR count). The molecule has 1 aromatic rings. The Hall–Kier alpha value is -1.55. The number of carboxylic acids is 1. The highest BCUT2D eigenvalue weighted by atomic mass is 16.4. The molecule has 0 aliphatic heterocycles. The van der Waals surface area contributed by atoms with Crippen molar-refractivity contribution in [1.29, 1.82) is 0 Å². The first-order valence-electron chi connectivity index (χ1n) is 6.96. The maximum absolute atomic E-state index is 11.5. The number of carboxylic acid groups (broad SMARTS) is 1. The molecule has 0 saturated heterocycles. The second kappa shape index (κ2) is 4.77. The fourth-order valence-corrected chi connectivity index (χ4v) is 3.20. The predicted molar refractivity (Wildman–Crippen MR) is 78.1 cm³/mol. The molecule has 110 valence electrons. The van der Waals surface area contributed by atoms with E-state index >= 15 is 0 Å². The molecule has 2 N–H and O–H groups in total. The van der Waals surface area contributed by atoms with Gasteiger partial charge in [0.2, 0.25) is 0 Å². The van der Waals surface area contributed by atoms with Crippen molar-refractivity contribution in [2.45, 2.75) is 51.6 Å². The Kier molecular flexibility index (Phi) is 3.54. The van der Waals surface area contributed by atoms with Gasteiger partial charge in [-0.05, 0) is 57.4 Å². The number of likely N-dealkylation sites (N-methyl/N-ethyl adjacent to an activating group) is 1. The SMILES string of the molecule is Cc1ccc(O)c2c1C(C)CC2N(C)C(C)(C)C(=O)O. The van der Waals surface area contributed by atoms with E-state index in [4.69, 9.17) is 0 Å². The number of rotatable bonds is 3. The lowest BCUT2D eigenvalue weighted by molar-refractivity contribution is -0.150. The van der Waals surface area contributed by atoms with Crippen molar-refractivity contribution in [3.05, 3.63) is 28.8 Å². The van der Waals surface area contributed by atoms with E-state index in [0.717, 1.165) is 17.5 Å². The van der Waals surface area contributed by atoms with E-state index in [1.807, 2.05) is 24.9 Å². The van der Waals surface area contributed by atoms with Crippen molar-refractivity contribution in [3.63, 3.8) is 0 Å². The first-order chi connectivity index (χ1) is 9.17. The number of aryl methyl sites for hydroxylation is 1. The minimum absolute atomic E-state index is 0.0639. The lowest BCUT2D eigenvalue weighted by atomic mass is 9.96. The van der Waals surface area contributed by atoms with Crippen molar-refractivity contribution in [2.24, 2.45) is 0 Å². The Morgan fingerprint density at radius 3 is 2.50 bits per heavy atom. The first-order valence-corrected chi connectivity index (χ1v) is 6.96. The number of phenolic OH excluding ortho intramolecular Hbond substituents is 1. The van der Waals surface area contributed by atoms with Crippen molar-refractivity contribution in [3.8, 4) is 5.75 Å². The molecule has 0 radical (unpaired) electrons. The van der Waals surface area contributed by atoms with Gasteiger partial charge in [-0.2, -0.15) is 0 Å². The Labute approximate surface area is 120 Å². The summed E-state index contributed by atoms with van der Waals surface area (Å²) in [6, 6.07) is 3.57. The third-order valence-corrected chi connectivity index (χ3v) is 4.76. The van der Waals surface area contributed by atoms with Gasteiger partial charge in [-0.1, -0.05) is 13.0 Å². The van der Waals surface area contributed by atoms with Crippen LogP contribution in [-0.2, 0) is 4.79 Å². The summed E-state index contributed by atoms with van der Waals surface area (Å²) < 4.78 is 0. The average molecular weight is 277 g/mol. The Balaban J connectivity index is 2.50. The summed E-state index contributed by atoms with van der Waals surface area (Å²) in [6.07, 6.45) is 0.834. The standard InChI is InChI=1S/C16H23NO3/c1-9-6-7-12(18)14-11(8-10(2)13(9)14)17(5)16(3,4)15(19)20/h6-7,10-11,18H,8H2,1-5H3,(H,19,20). The number of aliphatic carboxylic acids is 1. The predicted octanol–water partition coefficient (Wildman–Crippen LogP) is 3.04. The molecule has 0 fully saturated rings. The number of benzene rings is 1. The molecule has 0 heterocycles. The lowest BCUT2D eigenvalue weighted by Crippen LogP contribution is -2.49. The van der Waals surface area contributed by atoms with Crippen molar-refractivity contribution >= 4 is 5.97 Å². The van der Waals surface area contributed by atoms with Crippen LogP contribution < -0.4 is 0 Å². The van der Waals surface area contributed by atoms with Gasteiger partial charge in [0.25, 0.3) is 0 Å². The zero-order valence-corrected chi connectivity index (χ0v) is 12.8. The summed E-state index contributed by atoms with van der Waals surface area (Å²) in [5, 5.41) is 19.6. The van der Waals surface area contributed by atoms with Crippen LogP contribution in [0.5, 0.6) is 5.75 Å². The lowest BCUT2D eigenvalue weighted by Gasteiger charge is -2.37. The second-order valence-electron chi connectivity index (χ2n) is 6.36. The van der Waals surface area contributed by atoms with Crippen LogP contribution in [0.3, 0.4) is 0 Å². The Morgan fingerprint density at radius 1 is 1.35 bits per heavy atom. The van der Waals surface area contributed by atoms with E-state index in [9.17, 15) is 15.0 Å². The molecule has 0 amide bonds. The molecule has 0 spiro atoms. The summed E-state index contributed by atoms with van der Waals surface area (Å²) in [5.41, 5.74) is 2.26. The number of hydrogen-bond donors (Lipinski definition) is 2. The first kappa shape index (κ1) is 14.9. The minimum Gasteiger partial charge on any atom is -0.508 e. The monoisotopic (exact) mass is 277 g/mol. The van der Waals surface area contributed by atoms with E-state index in [1.54, 1.807) is 19.9 Å². The number of aromatic hydroxyl groups is 1. The van der Waals surface area contributed by atoms with E-state index in [1.165, 1.54) is 5.56 Å². The molecule has 1 aliphatic carbocycles. The molecule has 0 aromatic heterocycles. The number of carbonyl (C=O) groups is 1. The number of fused-ring (bicyclic) bond motifs is 1. The molecule has 1 aromatic carbocycles.